The summed E-state index contributed by atoms with van der Waals surface area (Å²) in [6.07, 6.45) is 1.65. The Labute approximate surface area is 117 Å². The van der Waals surface area contributed by atoms with Crippen molar-refractivity contribution in [2.24, 2.45) is 4.99 Å². The number of ether oxygens (including phenoxy) is 1. The fourth-order valence-corrected chi connectivity index (χ4v) is 2.17. The summed E-state index contributed by atoms with van der Waals surface area (Å²) in [5.74, 6) is -0.0541. The largest absolute Gasteiger partial charge is 0.402 e. The summed E-state index contributed by atoms with van der Waals surface area (Å²) in [5, 5.41) is 2.11. The van der Waals surface area contributed by atoms with Crippen LogP contribution >= 0.6 is 0 Å². The molecule has 0 bridgehead atoms. The Morgan fingerprint density at radius 2 is 1.85 bits per heavy atom. The van der Waals surface area contributed by atoms with E-state index in [4.69, 9.17) is 4.74 Å². The highest BCUT2D eigenvalue weighted by atomic mass is 16.6. The van der Waals surface area contributed by atoms with E-state index in [2.05, 4.69) is 4.99 Å². The zero-order valence-electron chi connectivity index (χ0n) is 11.3. The first-order chi connectivity index (χ1) is 9.65. The van der Waals surface area contributed by atoms with Crippen molar-refractivity contribution in [2.75, 3.05) is 14.1 Å². The number of carbonyl (C=O) groups excluding carboxylic acids is 1. The number of cyclic esters (lactones) is 1. The fourth-order valence-electron chi connectivity index (χ4n) is 2.17. The zero-order chi connectivity index (χ0) is 14.1. The van der Waals surface area contributed by atoms with Gasteiger partial charge >= 0.3 is 5.97 Å². The van der Waals surface area contributed by atoms with Gasteiger partial charge in [0.2, 0.25) is 5.90 Å². The lowest BCUT2D eigenvalue weighted by molar-refractivity contribution is -0.130. The first kappa shape index (κ1) is 12.4. The van der Waals surface area contributed by atoms with E-state index in [-0.39, 0.29) is 0 Å². The van der Waals surface area contributed by atoms with E-state index in [9.17, 15) is 4.79 Å². The molecule has 100 valence electrons. The van der Waals surface area contributed by atoms with Crippen molar-refractivity contribution < 1.29 is 9.53 Å². The van der Waals surface area contributed by atoms with Crippen molar-refractivity contribution in [2.45, 2.75) is 0 Å². The zero-order valence-corrected chi connectivity index (χ0v) is 11.3. The smallest absolute Gasteiger partial charge is 0.365 e. The highest BCUT2D eigenvalue weighted by molar-refractivity contribution is 6.16. The van der Waals surface area contributed by atoms with Crippen LogP contribution in [0.5, 0.6) is 0 Å². The molecule has 0 fully saturated rings. The Kier molecular flexibility index (Phi) is 2.99. The van der Waals surface area contributed by atoms with Gasteiger partial charge in [-0.15, -0.1) is 0 Å². The minimum absolute atomic E-state index is 0.318. The highest BCUT2D eigenvalue weighted by Crippen LogP contribution is 2.23. The standard InChI is InChI=1S/C16H14N2O2/c1-18(2)10-14-16(19)20-15(17-14)13-9-5-7-11-6-3-4-8-12(11)13/h3-10H,1-2H3/b14-10+. The van der Waals surface area contributed by atoms with Gasteiger partial charge in [0.25, 0.3) is 0 Å². The average molecular weight is 266 g/mol. The molecule has 1 aliphatic rings. The third-order valence-corrected chi connectivity index (χ3v) is 3.02. The third-order valence-electron chi connectivity index (χ3n) is 3.02. The van der Waals surface area contributed by atoms with E-state index in [1.807, 2.05) is 56.6 Å². The number of carbonyl (C=O) groups is 1. The third kappa shape index (κ3) is 2.16. The maximum Gasteiger partial charge on any atom is 0.365 e. The van der Waals surface area contributed by atoms with Crippen LogP contribution in [-0.2, 0) is 9.53 Å². The SMILES string of the molecule is CN(C)/C=C1/N=C(c2cccc3ccccc23)OC1=O. The van der Waals surface area contributed by atoms with E-state index in [0.29, 0.717) is 11.6 Å². The molecular weight excluding hydrogens is 252 g/mol. The number of aliphatic imine (C=N–C) groups is 1. The lowest BCUT2D eigenvalue weighted by Crippen LogP contribution is -2.08. The molecule has 1 heterocycles. The first-order valence-corrected chi connectivity index (χ1v) is 6.32. The second-order valence-corrected chi connectivity index (χ2v) is 4.81. The van der Waals surface area contributed by atoms with Crippen LogP contribution in [0.1, 0.15) is 5.56 Å². The summed E-state index contributed by atoms with van der Waals surface area (Å²) in [7, 11) is 3.68. The van der Waals surface area contributed by atoms with Gasteiger partial charge in [-0.3, -0.25) is 0 Å². The Morgan fingerprint density at radius 1 is 1.10 bits per heavy atom. The number of rotatable bonds is 2. The molecule has 0 aliphatic carbocycles. The molecule has 0 amide bonds. The minimum atomic E-state index is -0.415. The molecule has 0 saturated carbocycles. The number of benzene rings is 2. The molecule has 2 aromatic carbocycles. The predicted octanol–water partition coefficient (Wildman–Crippen LogP) is 2.55. The molecule has 0 radical (unpaired) electrons. The summed E-state index contributed by atoms with van der Waals surface area (Å²) in [4.78, 5) is 17.9. The van der Waals surface area contributed by atoms with Crippen molar-refractivity contribution in [3.8, 4) is 0 Å². The highest BCUT2D eigenvalue weighted by Gasteiger charge is 2.25. The monoisotopic (exact) mass is 266 g/mol. The van der Waals surface area contributed by atoms with Crippen LogP contribution in [-0.4, -0.2) is 30.9 Å². The predicted molar refractivity (Wildman–Crippen MR) is 78.3 cm³/mol. The summed E-state index contributed by atoms with van der Waals surface area (Å²) in [5.41, 5.74) is 1.15. The fraction of sp³-hybridized carbons (Fsp3) is 0.125. The van der Waals surface area contributed by atoms with E-state index >= 15 is 0 Å². The lowest BCUT2D eigenvalue weighted by Gasteiger charge is -2.04. The van der Waals surface area contributed by atoms with Crippen molar-refractivity contribution in [3.63, 3.8) is 0 Å². The van der Waals surface area contributed by atoms with Gasteiger partial charge < -0.3 is 9.64 Å². The van der Waals surface area contributed by atoms with E-state index < -0.39 is 5.97 Å². The number of hydrogen-bond acceptors (Lipinski definition) is 4. The Hall–Kier alpha value is -2.62. The van der Waals surface area contributed by atoms with Gasteiger partial charge in [-0.05, 0) is 16.8 Å². The summed E-state index contributed by atoms with van der Waals surface area (Å²) < 4.78 is 5.29. The van der Waals surface area contributed by atoms with Crippen molar-refractivity contribution in [1.29, 1.82) is 0 Å². The number of nitrogens with zero attached hydrogens (tertiary/aromatic N) is 2. The number of esters is 1. The van der Waals surface area contributed by atoms with Gasteiger partial charge in [0.05, 0.1) is 0 Å². The summed E-state index contributed by atoms with van der Waals surface area (Å²) in [6.45, 7) is 0. The molecule has 3 rings (SSSR count). The summed E-state index contributed by atoms with van der Waals surface area (Å²) in [6, 6.07) is 13.8. The van der Waals surface area contributed by atoms with Crippen LogP contribution in [0.15, 0.2) is 59.4 Å². The molecule has 0 atom stereocenters. The van der Waals surface area contributed by atoms with Gasteiger partial charge in [0.1, 0.15) is 0 Å². The Balaban J connectivity index is 2.11. The van der Waals surface area contributed by atoms with Gasteiger partial charge in [0, 0.05) is 25.9 Å². The van der Waals surface area contributed by atoms with Crippen molar-refractivity contribution in [3.05, 3.63) is 59.9 Å². The molecule has 0 saturated heterocycles. The first-order valence-electron chi connectivity index (χ1n) is 6.32. The molecule has 20 heavy (non-hydrogen) atoms. The molecule has 4 nitrogen and oxygen atoms in total. The van der Waals surface area contributed by atoms with E-state index in [1.54, 1.807) is 11.1 Å². The van der Waals surface area contributed by atoms with E-state index in [0.717, 1.165) is 16.3 Å². The molecule has 2 aromatic rings. The van der Waals surface area contributed by atoms with Crippen molar-refractivity contribution in [1.82, 2.24) is 4.90 Å². The van der Waals surface area contributed by atoms with Gasteiger partial charge in [-0.25, -0.2) is 9.79 Å². The normalized spacial score (nSPS) is 16.4. The molecule has 0 unspecified atom stereocenters. The van der Waals surface area contributed by atoms with E-state index in [1.165, 1.54) is 0 Å². The van der Waals surface area contributed by atoms with Crippen LogP contribution in [0.25, 0.3) is 10.8 Å². The number of fused-ring (bicyclic) bond motifs is 1. The van der Waals surface area contributed by atoms with Crippen LogP contribution in [0.3, 0.4) is 0 Å². The lowest BCUT2D eigenvalue weighted by atomic mass is 10.0. The van der Waals surface area contributed by atoms with Crippen LogP contribution in [0.2, 0.25) is 0 Å². The molecule has 1 aliphatic heterocycles. The molecule has 4 heteroatoms. The molecule has 0 N–H and O–H groups in total. The number of hydrogen-bond donors (Lipinski definition) is 0. The summed E-state index contributed by atoms with van der Waals surface area (Å²) >= 11 is 0. The van der Waals surface area contributed by atoms with Crippen LogP contribution in [0, 0.1) is 0 Å². The Morgan fingerprint density at radius 3 is 2.65 bits per heavy atom. The topological polar surface area (TPSA) is 41.9 Å². The Bertz CT molecular complexity index is 740. The molecule has 0 spiro atoms. The molecule has 0 aromatic heterocycles. The maximum atomic E-state index is 11.8. The average Bonchev–Trinajstić information content (AvgIpc) is 2.78. The maximum absolute atomic E-state index is 11.8. The van der Waals surface area contributed by atoms with Gasteiger partial charge in [-0.1, -0.05) is 36.4 Å². The van der Waals surface area contributed by atoms with Crippen molar-refractivity contribution >= 4 is 22.6 Å². The minimum Gasteiger partial charge on any atom is -0.402 e. The van der Waals surface area contributed by atoms with Gasteiger partial charge in [-0.2, -0.15) is 0 Å². The van der Waals surface area contributed by atoms with Crippen LogP contribution < -0.4 is 0 Å². The second kappa shape index (κ2) is 4.81. The molecular formula is C16H14N2O2. The second-order valence-electron chi connectivity index (χ2n) is 4.81. The van der Waals surface area contributed by atoms with Crippen LogP contribution in [0.4, 0.5) is 0 Å². The van der Waals surface area contributed by atoms with Gasteiger partial charge in [0.15, 0.2) is 5.70 Å². The quantitative estimate of drug-likeness (QED) is 0.619.